The Morgan fingerprint density at radius 1 is 1.38 bits per heavy atom. The summed E-state index contributed by atoms with van der Waals surface area (Å²) in [5, 5.41) is 9.59. The summed E-state index contributed by atoms with van der Waals surface area (Å²) < 4.78 is 25.1. The van der Waals surface area contributed by atoms with Crippen molar-refractivity contribution in [3.8, 4) is 5.75 Å². The monoisotopic (exact) mass is 312 g/mol. The predicted octanol–water partition coefficient (Wildman–Crippen LogP) is 0.508. The van der Waals surface area contributed by atoms with Gasteiger partial charge in [0.05, 0.1) is 17.7 Å². The van der Waals surface area contributed by atoms with Gasteiger partial charge in [0, 0.05) is 30.4 Å². The van der Waals surface area contributed by atoms with E-state index in [1.807, 2.05) is 16.5 Å². The van der Waals surface area contributed by atoms with Gasteiger partial charge in [-0.1, -0.05) is 0 Å². The van der Waals surface area contributed by atoms with E-state index in [2.05, 4.69) is 0 Å². The number of aromatic hydroxyl groups is 1. The Bertz CT molecular complexity index is 706. The zero-order valence-corrected chi connectivity index (χ0v) is 12.8. The fourth-order valence-corrected chi connectivity index (χ4v) is 4.71. The molecule has 3 rings (SSSR count). The van der Waals surface area contributed by atoms with Crippen molar-refractivity contribution in [1.29, 1.82) is 0 Å². The van der Waals surface area contributed by atoms with Crippen molar-refractivity contribution >= 4 is 9.84 Å². The molecule has 7 heteroatoms. The van der Waals surface area contributed by atoms with Gasteiger partial charge in [-0.25, -0.2) is 8.42 Å². The van der Waals surface area contributed by atoms with E-state index in [1.54, 1.807) is 0 Å². The quantitative estimate of drug-likeness (QED) is 0.876. The molecule has 1 aromatic rings. The minimum absolute atomic E-state index is 0.00607. The molecule has 0 aromatic carbocycles. The first-order chi connectivity index (χ1) is 9.85. The number of pyridine rings is 1. The predicted molar refractivity (Wildman–Crippen MR) is 79.2 cm³/mol. The van der Waals surface area contributed by atoms with Gasteiger partial charge in [0.1, 0.15) is 0 Å². The second kappa shape index (κ2) is 5.14. The zero-order chi connectivity index (χ0) is 15.2. The molecule has 1 saturated carbocycles. The van der Waals surface area contributed by atoms with Crippen LogP contribution in [0.3, 0.4) is 0 Å². The van der Waals surface area contributed by atoms with Crippen LogP contribution in [0.15, 0.2) is 17.1 Å². The van der Waals surface area contributed by atoms with Crippen LogP contribution in [0.1, 0.15) is 31.0 Å². The van der Waals surface area contributed by atoms with Crippen LogP contribution in [0.25, 0.3) is 0 Å². The molecular weight excluding hydrogens is 292 g/mol. The largest absolute Gasteiger partial charge is 0.503 e. The summed E-state index contributed by atoms with van der Waals surface area (Å²) in [5.74, 6) is 0.208. The molecule has 0 spiro atoms. The van der Waals surface area contributed by atoms with Crippen molar-refractivity contribution in [2.75, 3.05) is 18.6 Å². The van der Waals surface area contributed by atoms with Crippen LogP contribution < -0.4 is 5.43 Å². The molecule has 0 amide bonds. The summed E-state index contributed by atoms with van der Waals surface area (Å²) >= 11 is 0. The number of rotatable bonds is 4. The van der Waals surface area contributed by atoms with E-state index in [-0.39, 0.29) is 28.7 Å². The third-order valence-electron chi connectivity index (χ3n) is 4.33. The molecule has 1 aromatic heterocycles. The molecule has 1 N–H and O–H groups in total. The Balaban J connectivity index is 1.81. The van der Waals surface area contributed by atoms with E-state index in [0.29, 0.717) is 19.0 Å². The molecule has 1 aliphatic carbocycles. The SMILES string of the molecule is CN(Cc1cc(=O)c(O)cn1C1CC1)C1CCS(=O)(=O)C1. The molecule has 6 nitrogen and oxygen atoms in total. The molecular formula is C14H20N2O4S. The molecule has 1 aliphatic heterocycles. The Hall–Kier alpha value is -1.34. The first kappa shape index (κ1) is 14.6. The van der Waals surface area contributed by atoms with Crippen LogP contribution >= 0.6 is 0 Å². The third kappa shape index (κ3) is 3.13. The van der Waals surface area contributed by atoms with E-state index in [0.717, 1.165) is 18.5 Å². The van der Waals surface area contributed by atoms with Crippen molar-refractivity contribution in [3.63, 3.8) is 0 Å². The number of sulfone groups is 1. The van der Waals surface area contributed by atoms with Crippen LogP contribution in [0.4, 0.5) is 0 Å². The third-order valence-corrected chi connectivity index (χ3v) is 6.08. The smallest absolute Gasteiger partial charge is 0.223 e. The summed E-state index contributed by atoms with van der Waals surface area (Å²) in [6.45, 7) is 0.520. The van der Waals surface area contributed by atoms with E-state index in [4.69, 9.17) is 0 Å². The number of hydrogen-bond acceptors (Lipinski definition) is 5. The molecule has 1 atom stereocenters. The Morgan fingerprint density at radius 3 is 2.67 bits per heavy atom. The number of nitrogens with zero attached hydrogens (tertiary/aromatic N) is 2. The summed E-state index contributed by atoms with van der Waals surface area (Å²) in [5.41, 5.74) is 0.460. The highest BCUT2D eigenvalue weighted by Crippen LogP contribution is 2.36. The molecule has 0 radical (unpaired) electrons. The maximum Gasteiger partial charge on any atom is 0.223 e. The van der Waals surface area contributed by atoms with E-state index in [1.165, 1.54) is 12.3 Å². The van der Waals surface area contributed by atoms with Crippen molar-refractivity contribution < 1.29 is 13.5 Å². The Morgan fingerprint density at radius 2 is 2.10 bits per heavy atom. The lowest BCUT2D eigenvalue weighted by Crippen LogP contribution is -2.33. The van der Waals surface area contributed by atoms with Gasteiger partial charge in [-0.15, -0.1) is 0 Å². The lowest BCUT2D eigenvalue weighted by Gasteiger charge is -2.25. The highest BCUT2D eigenvalue weighted by molar-refractivity contribution is 7.91. The van der Waals surface area contributed by atoms with Crippen molar-refractivity contribution in [2.45, 2.75) is 37.9 Å². The average molecular weight is 312 g/mol. The standard InChI is InChI=1S/C14H20N2O4S/c1-15(11-4-5-21(19,20)9-11)7-12-6-13(17)14(18)8-16(12)10-2-3-10/h6,8,10-11,18H,2-5,7,9H2,1H3. The van der Waals surface area contributed by atoms with Gasteiger partial charge in [-0.05, 0) is 26.3 Å². The normalized spacial score (nSPS) is 24.6. The van der Waals surface area contributed by atoms with E-state index >= 15 is 0 Å². The zero-order valence-electron chi connectivity index (χ0n) is 12.0. The van der Waals surface area contributed by atoms with Crippen molar-refractivity contribution in [1.82, 2.24) is 9.47 Å². The van der Waals surface area contributed by atoms with Crippen LogP contribution in [-0.4, -0.2) is 47.6 Å². The Kier molecular flexibility index (Phi) is 3.57. The number of hydrogen-bond donors (Lipinski definition) is 1. The molecule has 21 heavy (non-hydrogen) atoms. The van der Waals surface area contributed by atoms with E-state index < -0.39 is 9.84 Å². The maximum absolute atomic E-state index is 11.7. The highest BCUT2D eigenvalue weighted by atomic mass is 32.2. The van der Waals surface area contributed by atoms with Crippen LogP contribution in [0.5, 0.6) is 5.75 Å². The molecule has 2 heterocycles. The minimum atomic E-state index is -2.91. The molecule has 1 unspecified atom stereocenters. The van der Waals surface area contributed by atoms with Gasteiger partial charge in [0.2, 0.25) is 5.43 Å². The summed E-state index contributed by atoms with van der Waals surface area (Å²) in [7, 11) is -1.02. The van der Waals surface area contributed by atoms with Gasteiger partial charge in [0.15, 0.2) is 15.6 Å². The minimum Gasteiger partial charge on any atom is -0.503 e. The second-order valence-electron chi connectivity index (χ2n) is 6.12. The van der Waals surface area contributed by atoms with Gasteiger partial charge in [-0.2, -0.15) is 0 Å². The van der Waals surface area contributed by atoms with Crippen LogP contribution in [0.2, 0.25) is 0 Å². The molecule has 2 fully saturated rings. The fraction of sp³-hybridized carbons (Fsp3) is 0.643. The van der Waals surface area contributed by atoms with Gasteiger partial charge >= 0.3 is 0 Å². The summed E-state index contributed by atoms with van der Waals surface area (Å²) in [6.07, 6.45) is 4.26. The van der Waals surface area contributed by atoms with Crippen LogP contribution in [-0.2, 0) is 16.4 Å². The molecule has 1 saturated heterocycles. The molecule has 2 aliphatic rings. The average Bonchev–Trinajstić information content (AvgIpc) is 3.17. The molecule has 0 bridgehead atoms. The number of aromatic nitrogens is 1. The lowest BCUT2D eigenvalue weighted by atomic mass is 10.2. The lowest BCUT2D eigenvalue weighted by molar-refractivity contribution is 0.246. The summed E-state index contributed by atoms with van der Waals surface area (Å²) in [6, 6.07) is 1.83. The molecule has 116 valence electrons. The van der Waals surface area contributed by atoms with Crippen molar-refractivity contribution in [2.24, 2.45) is 0 Å². The second-order valence-corrected chi connectivity index (χ2v) is 8.35. The van der Waals surface area contributed by atoms with Gasteiger partial charge < -0.3 is 9.67 Å². The maximum atomic E-state index is 11.7. The first-order valence-corrected chi connectivity index (χ1v) is 9.02. The van der Waals surface area contributed by atoms with Gasteiger partial charge in [0.25, 0.3) is 0 Å². The Labute approximate surface area is 123 Å². The highest BCUT2D eigenvalue weighted by Gasteiger charge is 2.32. The first-order valence-electron chi connectivity index (χ1n) is 7.20. The van der Waals surface area contributed by atoms with E-state index in [9.17, 15) is 18.3 Å². The van der Waals surface area contributed by atoms with Crippen LogP contribution in [0, 0.1) is 0 Å². The topological polar surface area (TPSA) is 79.6 Å². The van der Waals surface area contributed by atoms with Gasteiger partial charge in [-0.3, -0.25) is 9.69 Å². The fourth-order valence-electron chi connectivity index (χ4n) is 2.91. The van der Waals surface area contributed by atoms with Crippen molar-refractivity contribution in [3.05, 3.63) is 28.2 Å². The summed E-state index contributed by atoms with van der Waals surface area (Å²) in [4.78, 5) is 13.7.